The third-order valence-corrected chi connectivity index (χ3v) is 4.80. The summed E-state index contributed by atoms with van der Waals surface area (Å²) < 4.78 is 5.08. The highest BCUT2D eigenvalue weighted by Crippen LogP contribution is 2.35. The fourth-order valence-electron chi connectivity index (χ4n) is 2.05. The summed E-state index contributed by atoms with van der Waals surface area (Å²) in [6.07, 6.45) is -0.203. The topological polar surface area (TPSA) is 114 Å². The standard InChI is InChI=1S/C16H14N4O2S2/c1-9(2)22-13(21)8-24-16-11(7-18)14(12-4-3-5-23-12)10(6-17)15(19)20-16/h3-5,9H,8H2,1-2H3,(H2,19,20)/p+1. The van der Waals surface area contributed by atoms with Crippen molar-refractivity contribution in [1.29, 1.82) is 10.5 Å². The van der Waals surface area contributed by atoms with Crippen molar-refractivity contribution in [2.45, 2.75) is 25.0 Å². The van der Waals surface area contributed by atoms with Crippen LogP contribution in [0.4, 0.5) is 5.82 Å². The lowest BCUT2D eigenvalue weighted by Gasteiger charge is -2.09. The van der Waals surface area contributed by atoms with E-state index in [0.717, 1.165) is 16.6 Å². The Balaban J connectivity index is 2.45. The first kappa shape index (κ1) is 17.8. The number of nitrogen functional groups attached to an aromatic ring is 1. The van der Waals surface area contributed by atoms with Gasteiger partial charge in [-0.3, -0.25) is 10.5 Å². The van der Waals surface area contributed by atoms with Crippen LogP contribution in [0.15, 0.2) is 22.5 Å². The Kier molecular flexibility index (Phi) is 5.80. The third-order valence-electron chi connectivity index (χ3n) is 2.94. The van der Waals surface area contributed by atoms with Crippen molar-refractivity contribution >= 4 is 34.9 Å². The van der Waals surface area contributed by atoms with E-state index in [1.165, 1.54) is 11.3 Å². The molecule has 122 valence electrons. The Bertz CT molecular complexity index is 833. The lowest BCUT2D eigenvalue weighted by Crippen LogP contribution is -2.20. The van der Waals surface area contributed by atoms with Crippen LogP contribution in [0, 0.1) is 22.7 Å². The molecule has 2 rings (SSSR count). The fraction of sp³-hybridized carbons (Fsp3) is 0.250. The fourth-order valence-corrected chi connectivity index (χ4v) is 3.63. The summed E-state index contributed by atoms with van der Waals surface area (Å²) in [4.78, 5) is 15.4. The molecule has 8 heteroatoms. The Morgan fingerprint density at radius 3 is 2.67 bits per heavy atom. The number of esters is 1. The zero-order valence-corrected chi connectivity index (χ0v) is 14.8. The van der Waals surface area contributed by atoms with E-state index in [1.54, 1.807) is 13.8 Å². The third kappa shape index (κ3) is 3.85. The lowest BCUT2D eigenvalue weighted by molar-refractivity contribution is -0.410. The first-order valence-electron chi connectivity index (χ1n) is 7.03. The summed E-state index contributed by atoms with van der Waals surface area (Å²) in [5.41, 5.74) is 6.95. The van der Waals surface area contributed by atoms with E-state index in [0.29, 0.717) is 16.2 Å². The van der Waals surface area contributed by atoms with Gasteiger partial charge in [-0.2, -0.15) is 10.5 Å². The number of hydrogen-bond donors (Lipinski definition) is 1. The molecule has 0 fully saturated rings. The van der Waals surface area contributed by atoms with E-state index in [4.69, 9.17) is 10.5 Å². The van der Waals surface area contributed by atoms with Crippen LogP contribution in [0.2, 0.25) is 0 Å². The number of thioether (sulfide) groups is 1. The molecule has 2 aromatic heterocycles. The van der Waals surface area contributed by atoms with E-state index < -0.39 is 0 Å². The highest BCUT2D eigenvalue weighted by Gasteiger charge is 2.25. The van der Waals surface area contributed by atoms with Crippen molar-refractivity contribution in [3.63, 3.8) is 0 Å². The molecule has 24 heavy (non-hydrogen) atoms. The van der Waals surface area contributed by atoms with Gasteiger partial charge in [0.1, 0.15) is 17.7 Å². The van der Waals surface area contributed by atoms with Gasteiger partial charge in [-0.15, -0.1) is 11.3 Å². The van der Waals surface area contributed by atoms with Crippen molar-refractivity contribution in [3.8, 4) is 22.6 Å². The number of carbonyl (C=O) groups excluding carboxylic acids is 1. The number of H-pyrrole nitrogens is 1. The van der Waals surface area contributed by atoms with Crippen LogP contribution in [0.5, 0.6) is 0 Å². The van der Waals surface area contributed by atoms with Gasteiger partial charge in [0.15, 0.2) is 10.6 Å². The molecular formula is C16H15N4O2S2+. The normalized spacial score (nSPS) is 10.2. The average Bonchev–Trinajstić information content (AvgIpc) is 3.05. The molecule has 6 nitrogen and oxygen atoms in total. The van der Waals surface area contributed by atoms with E-state index in [1.807, 2.05) is 23.6 Å². The maximum Gasteiger partial charge on any atom is 0.316 e. The van der Waals surface area contributed by atoms with Crippen LogP contribution in [-0.4, -0.2) is 17.8 Å². The summed E-state index contributed by atoms with van der Waals surface area (Å²) in [7, 11) is 0. The number of rotatable bonds is 5. The van der Waals surface area contributed by atoms with Crippen LogP contribution in [0.3, 0.4) is 0 Å². The monoisotopic (exact) mass is 359 g/mol. The van der Waals surface area contributed by atoms with Crippen LogP contribution >= 0.6 is 23.1 Å². The minimum Gasteiger partial charge on any atom is -0.462 e. The highest BCUT2D eigenvalue weighted by molar-refractivity contribution is 7.99. The zero-order valence-electron chi connectivity index (χ0n) is 13.1. The first-order chi connectivity index (χ1) is 11.5. The van der Waals surface area contributed by atoms with Crippen molar-refractivity contribution in [1.82, 2.24) is 0 Å². The average molecular weight is 359 g/mol. The molecule has 3 N–H and O–H groups in total. The number of nitrogens with two attached hydrogens (primary N) is 1. The van der Waals surface area contributed by atoms with Gasteiger partial charge < -0.3 is 4.74 Å². The van der Waals surface area contributed by atoms with Gasteiger partial charge in [0.05, 0.1) is 11.9 Å². The number of carbonyl (C=O) groups is 1. The molecule has 0 amide bonds. The quantitative estimate of drug-likeness (QED) is 0.648. The SMILES string of the molecule is CC(C)OC(=O)CSc1[nH+]c(N)c(C#N)c(-c2cccs2)c1C#N. The summed E-state index contributed by atoms with van der Waals surface area (Å²) in [5.74, 6) is -0.175. The van der Waals surface area contributed by atoms with E-state index in [9.17, 15) is 15.3 Å². The molecule has 2 heterocycles. The Morgan fingerprint density at radius 1 is 1.42 bits per heavy atom. The lowest BCUT2D eigenvalue weighted by atomic mass is 10.0. The van der Waals surface area contributed by atoms with Gasteiger partial charge in [-0.05, 0) is 25.3 Å². The molecule has 0 aromatic carbocycles. The van der Waals surface area contributed by atoms with Gasteiger partial charge >= 0.3 is 5.97 Å². The number of nitriles is 2. The molecule has 0 aliphatic rings. The van der Waals surface area contributed by atoms with Crippen LogP contribution in [-0.2, 0) is 9.53 Å². The minimum atomic E-state index is -0.382. The van der Waals surface area contributed by atoms with Crippen LogP contribution < -0.4 is 10.7 Å². The molecular weight excluding hydrogens is 344 g/mol. The second-order valence-electron chi connectivity index (χ2n) is 5.02. The number of anilines is 1. The van der Waals surface area contributed by atoms with Gasteiger partial charge in [-0.1, -0.05) is 17.8 Å². The van der Waals surface area contributed by atoms with E-state index in [2.05, 4.69) is 11.1 Å². The molecule has 2 aromatic rings. The summed E-state index contributed by atoms with van der Waals surface area (Å²) in [6.45, 7) is 3.54. The number of nitrogens with zero attached hydrogens (tertiary/aromatic N) is 2. The largest absolute Gasteiger partial charge is 0.462 e. The highest BCUT2D eigenvalue weighted by atomic mass is 32.2. The van der Waals surface area contributed by atoms with Crippen molar-refractivity contribution in [3.05, 3.63) is 28.6 Å². The molecule has 0 aliphatic heterocycles. The van der Waals surface area contributed by atoms with Crippen molar-refractivity contribution in [2.75, 3.05) is 11.5 Å². The van der Waals surface area contributed by atoms with Gasteiger partial charge in [0.2, 0.25) is 0 Å². The molecule has 0 bridgehead atoms. The summed E-state index contributed by atoms with van der Waals surface area (Å²) in [5, 5.41) is 21.3. The second kappa shape index (κ2) is 7.82. The number of aromatic nitrogens is 1. The predicted octanol–water partition coefficient (Wildman–Crippen LogP) is 2.60. The first-order valence-corrected chi connectivity index (χ1v) is 8.89. The number of nitrogens with one attached hydrogen (secondary N) is 1. The van der Waals surface area contributed by atoms with Gasteiger partial charge in [0, 0.05) is 10.4 Å². The molecule has 0 saturated carbocycles. The Labute approximate surface area is 147 Å². The molecule has 0 unspecified atom stereocenters. The number of pyridine rings is 1. The smallest absolute Gasteiger partial charge is 0.316 e. The number of ether oxygens (including phenoxy) is 1. The molecule has 0 spiro atoms. The molecule has 0 saturated heterocycles. The minimum absolute atomic E-state index is 0.0403. The van der Waals surface area contributed by atoms with Crippen molar-refractivity contribution in [2.24, 2.45) is 0 Å². The molecule has 0 atom stereocenters. The maximum atomic E-state index is 11.7. The second-order valence-corrected chi connectivity index (χ2v) is 6.95. The summed E-state index contributed by atoms with van der Waals surface area (Å²) in [6, 6.07) is 7.82. The molecule has 0 aliphatic carbocycles. The van der Waals surface area contributed by atoms with Crippen molar-refractivity contribution < 1.29 is 14.5 Å². The van der Waals surface area contributed by atoms with Crippen LogP contribution in [0.25, 0.3) is 10.4 Å². The predicted molar refractivity (Wildman–Crippen MR) is 92.1 cm³/mol. The number of thiophene rings is 1. The molecule has 0 radical (unpaired) electrons. The Hall–Kier alpha value is -2.55. The maximum absolute atomic E-state index is 11.7. The van der Waals surface area contributed by atoms with Crippen LogP contribution in [0.1, 0.15) is 25.0 Å². The van der Waals surface area contributed by atoms with Gasteiger partial charge in [0.25, 0.3) is 5.82 Å². The zero-order chi connectivity index (χ0) is 17.7. The Morgan fingerprint density at radius 2 is 2.12 bits per heavy atom. The van der Waals surface area contributed by atoms with E-state index in [-0.39, 0.29) is 29.2 Å². The van der Waals surface area contributed by atoms with Gasteiger partial charge in [-0.25, -0.2) is 4.98 Å². The summed E-state index contributed by atoms with van der Waals surface area (Å²) >= 11 is 2.54. The number of aromatic amines is 1. The van der Waals surface area contributed by atoms with E-state index >= 15 is 0 Å². The number of hydrogen-bond acceptors (Lipinski definition) is 7.